The van der Waals surface area contributed by atoms with E-state index in [1.165, 1.54) is 6.20 Å². The van der Waals surface area contributed by atoms with Gasteiger partial charge in [-0.25, -0.2) is 14.8 Å². The van der Waals surface area contributed by atoms with Crippen LogP contribution in [0.4, 0.5) is 0 Å². The summed E-state index contributed by atoms with van der Waals surface area (Å²) in [7, 11) is 4.16. The number of carboxylic acids is 1. The van der Waals surface area contributed by atoms with Crippen LogP contribution in [0.1, 0.15) is 46.7 Å². The van der Waals surface area contributed by atoms with Crippen LogP contribution >= 0.6 is 0 Å². The predicted molar refractivity (Wildman–Crippen MR) is 73.8 cm³/mol. The highest BCUT2D eigenvalue weighted by Gasteiger charge is 2.33. The molecule has 0 bridgehead atoms. The molecule has 2 aliphatic rings. The summed E-state index contributed by atoms with van der Waals surface area (Å²) in [5.41, 5.74) is 0.993. The van der Waals surface area contributed by atoms with Gasteiger partial charge in [-0.1, -0.05) is 0 Å². The van der Waals surface area contributed by atoms with E-state index in [9.17, 15) is 9.90 Å². The van der Waals surface area contributed by atoms with Crippen LogP contribution in [0.2, 0.25) is 0 Å². The molecule has 1 saturated heterocycles. The van der Waals surface area contributed by atoms with Crippen LogP contribution in [0.3, 0.4) is 0 Å². The minimum absolute atomic E-state index is 0.147. The molecular weight excluding hydrogens is 256 g/mol. The van der Waals surface area contributed by atoms with Gasteiger partial charge in [-0.3, -0.25) is 4.90 Å². The van der Waals surface area contributed by atoms with Crippen LogP contribution in [0.5, 0.6) is 0 Å². The van der Waals surface area contributed by atoms with E-state index < -0.39 is 5.97 Å². The van der Waals surface area contributed by atoms with Gasteiger partial charge in [0.25, 0.3) is 0 Å². The molecule has 0 aromatic carbocycles. The van der Waals surface area contributed by atoms with E-state index in [-0.39, 0.29) is 11.6 Å². The molecule has 1 saturated carbocycles. The average Bonchev–Trinajstić information content (AvgIpc) is 3.25. The van der Waals surface area contributed by atoms with Crippen molar-refractivity contribution in [2.24, 2.45) is 0 Å². The molecule has 108 valence electrons. The lowest BCUT2D eigenvalue weighted by molar-refractivity contribution is 0.0693. The van der Waals surface area contributed by atoms with E-state index in [0.717, 1.165) is 44.0 Å². The standard InChI is InChI=1S/C14H20N4O2/c1-17-5-6-18(2)11(8-17)13-15-7-10(14(19)20)12(16-13)9-3-4-9/h7,9,11H,3-6,8H2,1-2H3,(H,19,20). The fourth-order valence-corrected chi connectivity index (χ4v) is 2.69. The number of hydrogen-bond donors (Lipinski definition) is 1. The molecule has 1 unspecified atom stereocenters. The molecule has 0 radical (unpaired) electrons. The maximum atomic E-state index is 11.3. The summed E-state index contributed by atoms with van der Waals surface area (Å²) in [6.45, 7) is 2.90. The van der Waals surface area contributed by atoms with E-state index >= 15 is 0 Å². The first-order chi connectivity index (χ1) is 9.56. The Bertz CT molecular complexity index is 530. The van der Waals surface area contributed by atoms with Gasteiger partial charge in [0.2, 0.25) is 0 Å². The summed E-state index contributed by atoms with van der Waals surface area (Å²) in [4.78, 5) is 24.7. The maximum Gasteiger partial charge on any atom is 0.339 e. The van der Waals surface area contributed by atoms with E-state index in [4.69, 9.17) is 0 Å². The zero-order valence-corrected chi connectivity index (χ0v) is 11.9. The number of aromatic nitrogens is 2. The van der Waals surface area contributed by atoms with Crippen LogP contribution in [0.25, 0.3) is 0 Å². The lowest BCUT2D eigenvalue weighted by Crippen LogP contribution is -2.45. The first kappa shape index (κ1) is 13.5. The molecule has 1 atom stereocenters. The molecule has 1 aromatic heterocycles. The van der Waals surface area contributed by atoms with Gasteiger partial charge in [-0.05, 0) is 26.9 Å². The van der Waals surface area contributed by atoms with Crippen molar-refractivity contribution in [2.75, 3.05) is 33.7 Å². The molecule has 2 fully saturated rings. The first-order valence-corrected chi connectivity index (χ1v) is 7.05. The van der Waals surface area contributed by atoms with Crippen molar-refractivity contribution in [1.29, 1.82) is 0 Å². The van der Waals surface area contributed by atoms with Crippen LogP contribution < -0.4 is 0 Å². The second kappa shape index (κ2) is 5.10. The molecular formula is C14H20N4O2. The highest BCUT2D eigenvalue weighted by Crippen LogP contribution is 2.41. The highest BCUT2D eigenvalue weighted by atomic mass is 16.4. The summed E-state index contributed by atoms with van der Waals surface area (Å²) in [6.07, 6.45) is 3.56. The second-order valence-corrected chi connectivity index (χ2v) is 5.87. The molecule has 1 aliphatic heterocycles. The van der Waals surface area contributed by atoms with Crippen molar-refractivity contribution in [3.8, 4) is 0 Å². The Morgan fingerprint density at radius 3 is 2.75 bits per heavy atom. The highest BCUT2D eigenvalue weighted by molar-refractivity contribution is 5.88. The van der Waals surface area contributed by atoms with Gasteiger partial charge in [0.15, 0.2) is 0 Å². The SMILES string of the molecule is CN1CCN(C)C(c2ncc(C(=O)O)c(C3CC3)n2)C1. The number of piperazine rings is 1. The zero-order chi connectivity index (χ0) is 14.3. The molecule has 0 amide bonds. The minimum Gasteiger partial charge on any atom is -0.478 e. The number of likely N-dealkylation sites (N-methyl/N-ethyl adjacent to an activating group) is 2. The third-order valence-corrected chi connectivity index (χ3v) is 4.18. The van der Waals surface area contributed by atoms with Crippen LogP contribution in [0, 0.1) is 0 Å². The van der Waals surface area contributed by atoms with Crippen molar-refractivity contribution < 1.29 is 9.90 Å². The van der Waals surface area contributed by atoms with Crippen molar-refractivity contribution in [1.82, 2.24) is 19.8 Å². The van der Waals surface area contributed by atoms with E-state index in [1.54, 1.807) is 0 Å². The summed E-state index contributed by atoms with van der Waals surface area (Å²) >= 11 is 0. The third-order valence-electron chi connectivity index (χ3n) is 4.18. The number of rotatable bonds is 3. The summed E-state index contributed by atoms with van der Waals surface area (Å²) in [5.74, 6) is 0.146. The molecule has 1 aliphatic carbocycles. The first-order valence-electron chi connectivity index (χ1n) is 7.05. The van der Waals surface area contributed by atoms with Gasteiger partial charge in [-0.2, -0.15) is 0 Å². The number of carbonyl (C=O) groups is 1. The zero-order valence-electron chi connectivity index (χ0n) is 11.9. The Morgan fingerprint density at radius 1 is 1.35 bits per heavy atom. The number of hydrogen-bond acceptors (Lipinski definition) is 5. The molecule has 0 spiro atoms. The molecule has 1 aromatic rings. The smallest absolute Gasteiger partial charge is 0.339 e. The lowest BCUT2D eigenvalue weighted by Gasteiger charge is -2.36. The largest absolute Gasteiger partial charge is 0.478 e. The van der Waals surface area contributed by atoms with Gasteiger partial charge >= 0.3 is 5.97 Å². The fourth-order valence-electron chi connectivity index (χ4n) is 2.69. The molecule has 6 nitrogen and oxygen atoms in total. The minimum atomic E-state index is -0.924. The van der Waals surface area contributed by atoms with Gasteiger partial charge < -0.3 is 10.0 Å². The molecule has 6 heteroatoms. The lowest BCUT2D eigenvalue weighted by atomic mass is 10.1. The Labute approximate surface area is 118 Å². The fraction of sp³-hybridized carbons (Fsp3) is 0.643. The van der Waals surface area contributed by atoms with E-state index in [2.05, 4.69) is 33.9 Å². The summed E-state index contributed by atoms with van der Waals surface area (Å²) in [5, 5.41) is 9.24. The van der Waals surface area contributed by atoms with E-state index in [1.807, 2.05) is 0 Å². The number of nitrogens with zero attached hydrogens (tertiary/aromatic N) is 4. The van der Waals surface area contributed by atoms with Gasteiger partial charge in [0, 0.05) is 31.7 Å². The average molecular weight is 276 g/mol. The van der Waals surface area contributed by atoms with Gasteiger partial charge in [0.1, 0.15) is 5.82 Å². The van der Waals surface area contributed by atoms with Crippen LogP contribution in [-0.4, -0.2) is 64.6 Å². The van der Waals surface area contributed by atoms with Gasteiger partial charge in [-0.15, -0.1) is 0 Å². The monoisotopic (exact) mass is 276 g/mol. The maximum absolute atomic E-state index is 11.3. The molecule has 20 heavy (non-hydrogen) atoms. The Kier molecular flexibility index (Phi) is 3.43. The summed E-state index contributed by atoms with van der Waals surface area (Å²) < 4.78 is 0. The molecule has 2 heterocycles. The topological polar surface area (TPSA) is 69.6 Å². The number of aromatic carboxylic acids is 1. The quantitative estimate of drug-likeness (QED) is 0.887. The van der Waals surface area contributed by atoms with Crippen LogP contribution in [-0.2, 0) is 0 Å². The Hall–Kier alpha value is -1.53. The third kappa shape index (κ3) is 2.53. The van der Waals surface area contributed by atoms with Crippen molar-refractivity contribution >= 4 is 5.97 Å². The molecule has 1 N–H and O–H groups in total. The van der Waals surface area contributed by atoms with Crippen molar-refractivity contribution in [3.05, 3.63) is 23.3 Å². The number of carboxylic acid groups (broad SMARTS) is 1. The predicted octanol–water partition coefficient (Wildman–Crippen LogP) is 0.970. The van der Waals surface area contributed by atoms with Crippen molar-refractivity contribution in [2.45, 2.75) is 24.8 Å². The Balaban J connectivity index is 1.93. The van der Waals surface area contributed by atoms with Gasteiger partial charge in [0.05, 0.1) is 17.3 Å². The van der Waals surface area contributed by atoms with Crippen molar-refractivity contribution in [3.63, 3.8) is 0 Å². The normalized spacial score (nSPS) is 24.8. The van der Waals surface area contributed by atoms with Crippen LogP contribution in [0.15, 0.2) is 6.20 Å². The summed E-state index contributed by atoms with van der Waals surface area (Å²) in [6, 6.07) is 0.147. The Morgan fingerprint density at radius 2 is 2.10 bits per heavy atom. The van der Waals surface area contributed by atoms with E-state index in [0.29, 0.717) is 5.92 Å². The second-order valence-electron chi connectivity index (χ2n) is 5.87. The molecule has 3 rings (SSSR count).